The molecular formula is C8H12N4O. The Kier molecular flexibility index (Phi) is 2.00. The van der Waals surface area contributed by atoms with Gasteiger partial charge >= 0.3 is 0 Å². The Hall–Kier alpha value is -1.39. The van der Waals surface area contributed by atoms with Crippen molar-refractivity contribution >= 4 is 5.91 Å². The second kappa shape index (κ2) is 3.16. The SMILES string of the molecule is CCn1nncc1C(=O)NC1CC1. The van der Waals surface area contributed by atoms with Gasteiger partial charge in [0.15, 0.2) is 0 Å². The third-order valence-corrected chi connectivity index (χ3v) is 2.06. The monoisotopic (exact) mass is 180 g/mol. The van der Waals surface area contributed by atoms with Crippen molar-refractivity contribution in [3.8, 4) is 0 Å². The molecule has 0 atom stereocenters. The summed E-state index contributed by atoms with van der Waals surface area (Å²) in [5, 5.41) is 10.4. The topological polar surface area (TPSA) is 59.8 Å². The summed E-state index contributed by atoms with van der Waals surface area (Å²) in [5.41, 5.74) is 0.550. The van der Waals surface area contributed by atoms with Crippen LogP contribution in [0.15, 0.2) is 6.20 Å². The number of hydrogen-bond donors (Lipinski definition) is 1. The highest BCUT2D eigenvalue weighted by molar-refractivity contribution is 5.92. The first-order valence-electron chi connectivity index (χ1n) is 4.50. The molecule has 5 heteroatoms. The van der Waals surface area contributed by atoms with Crippen LogP contribution in [0, 0.1) is 0 Å². The molecule has 0 aromatic carbocycles. The molecule has 1 N–H and O–H groups in total. The second-order valence-electron chi connectivity index (χ2n) is 3.18. The molecule has 5 nitrogen and oxygen atoms in total. The molecule has 1 aromatic rings. The molecule has 0 aliphatic heterocycles. The van der Waals surface area contributed by atoms with Gasteiger partial charge in [0.05, 0.1) is 6.20 Å². The maximum atomic E-state index is 11.5. The number of carbonyl (C=O) groups is 1. The second-order valence-corrected chi connectivity index (χ2v) is 3.18. The maximum Gasteiger partial charge on any atom is 0.271 e. The highest BCUT2D eigenvalue weighted by Crippen LogP contribution is 2.19. The summed E-state index contributed by atoms with van der Waals surface area (Å²) < 4.78 is 1.59. The maximum absolute atomic E-state index is 11.5. The van der Waals surface area contributed by atoms with E-state index in [1.807, 2.05) is 6.92 Å². The van der Waals surface area contributed by atoms with Crippen LogP contribution < -0.4 is 5.32 Å². The first-order chi connectivity index (χ1) is 6.31. The number of nitrogens with one attached hydrogen (secondary N) is 1. The minimum atomic E-state index is -0.0608. The lowest BCUT2D eigenvalue weighted by Crippen LogP contribution is -2.27. The molecule has 0 saturated heterocycles. The van der Waals surface area contributed by atoms with Crippen LogP contribution >= 0.6 is 0 Å². The average molecular weight is 180 g/mol. The fourth-order valence-electron chi connectivity index (χ4n) is 1.15. The van der Waals surface area contributed by atoms with Gasteiger partial charge in [0.1, 0.15) is 5.69 Å². The van der Waals surface area contributed by atoms with Crippen molar-refractivity contribution in [2.24, 2.45) is 0 Å². The Bertz CT molecular complexity index is 316. The number of nitrogens with zero attached hydrogens (tertiary/aromatic N) is 3. The van der Waals surface area contributed by atoms with Gasteiger partial charge in [0.25, 0.3) is 5.91 Å². The van der Waals surface area contributed by atoms with Gasteiger partial charge in [-0.2, -0.15) is 0 Å². The standard InChI is InChI=1S/C8H12N4O/c1-2-12-7(5-9-11-12)8(13)10-6-3-4-6/h5-6H,2-4H2,1H3,(H,10,13). The largest absolute Gasteiger partial charge is 0.348 e. The van der Waals surface area contributed by atoms with Crippen molar-refractivity contribution < 1.29 is 4.79 Å². The van der Waals surface area contributed by atoms with Crippen LogP contribution in [0.3, 0.4) is 0 Å². The normalized spacial score (nSPS) is 15.8. The molecule has 1 amide bonds. The van der Waals surface area contributed by atoms with E-state index in [0.29, 0.717) is 18.3 Å². The molecule has 13 heavy (non-hydrogen) atoms. The summed E-state index contributed by atoms with van der Waals surface area (Å²) in [6.07, 6.45) is 3.69. The molecule has 1 aliphatic rings. The van der Waals surface area contributed by atoms with Gasteiger partial charge in [-0.3, -0.25) is 4.79 Å². The van der Waals surface area contributed by atoms with E-state index in [9.17, 15) is 4.79 Å². The number of rotatable bonds is 3. The van der Waals surface area contributed by atoms with Crippen molar-refractivity contribution in [2.45, 2.75) is 32.4 Å². The average Bonchev–Trinajstić information content (AvgIpc) is 2.82. The molecule has 1 aliphatic carbocycles. The minimum Gasteiger partial charge on any atom is -0.348 e. The summed E-state index contributed by atoms with van der Waals surface area (Å²) in [5.74, 6) is -0.0608. The molecule has 1 aromatic heterocycles. The van der Waals surface area contributed by atoms with Gasteiger partial charge < -0.3 is 5.32 Å². The molecule has 1 saturated carbocycles. The van der Waals surface area contributed by atoms with Crippen LogP contribution in [0.4, 0.5) is 0 Å². The van der Waals surface area contributed by atoms with E-state index in [-0.39, 0.29) is 5.91 Å². The van der Waals surface area contributed by atoms with Crippen molar-refractivity contribution in [1.29, 1.82) is 0 Å². The van der Waals surface area contributed by atoms with Crippen molar-refractivity contribution in [3.05, 3.63) is 11.9 Å². The summed E-state index contributed by atoms with van der Waals surface area (Å²) in [6.45, 7) is 2.61. The Morgan fingerprint density at radius 1 is 1.77 bits per heavy atom. The van der Waals surface area contributed by atoms with E-state index in [1.54, 1.807) is 4.68 Å². The highest BCUT2D eigenvalue weighted by Gasteiger charge is 2.25. The number of aromatic nitrogens is 3. The van der Waals surface area contributed by atoms with E-state index in [4.69, 9.17) is 0 Å². The van der Waals surface area contributed by atoms with Gasteiger partial charge in [-0.25, -0.2) is 4.68 Å². The zero-order valence-electron chi connectivity index (χ0n) is 7.53. The zero-order valence-corrected chi connectivity index (χ0v) is 7.53. The van der Waals surface area contributed by atoms with E-state index in [0.717, 1.165) is 12.8 Å². The molecule has 1 fully saturated rings. The van der Waals surface area contributed by atoms with Crippen LogP contribution in [0.5, 0.6) is 0 Å². The molecule has 0 radical (unpaired) electrons. The van der Waals surface area contributed by atoms with Crippen LogP contribution in [0.2, 0.25) is 0 Å². The van der Waals surface area contributed by atoms with Gasteiger partial charge in [-0.1, -0.05) is 5.21 Å². The fraction of sp³-hybridized carbons (Fsp3) is 0.625. The molecule has 0 unspecified atom stereocenters. The Balaban J connectivity index is 2.08. The lowest BCUT2D eigenvalue weighted by molar-refractivity contribution is 0.0940. The van der Waals surface area contributed by atoms with Crippen LogP contribution in [-0.2, 0) is 6.54 Å². The summed E-state index contributed by atoms with van der Waals surface area (Å²) in [4.78, 5) is 11.5. The number of carbonyl (C=O) groups excluding carboxylic acids is 1. The third kappa shape index (κ3) is 1.68. The van der Waals surface area contributed by atoms with Crippen LogP contribution in [0.25, 0.3) is 0 Å². The quantitative estimate of drug-likeness (QED) is 0.722. The number of aryl methyl sites for hydroxylation is 1. The van der Waals surface area contributed by atoms with Crippen LogP contribution in [0.1, 0.15) is 30.3 Å². The Labute approximate surface area is 76.1 Å². The lowest BCUT2D eigenvalue weighted by atomic mass is 10.4. The third-order valence-electron chi connectivity index (χ3n) is 2.06. The molecule has 2 rings (SSSR count). The zero-order chi connectivity index (χ0) is 9.26. The van der Waals surface area contributed by atoms with Gasteiger partial charge in [0.2, 0.25) is 0 Å². The number of hydrogen-bond acceptors (Lipinski definition) is 3. The smallest absolute Gasteiger partial charge is 0.271 e. The van der Waals surface area contributed by atoms with Crippen molar-refractivity contribution in [2.75, 3.05) is 0 Å². The minimum absolute atomic E-state index is 0.0608. The molecule has 0 bridgehead atoms. The van der Waals surface area contributed by atoms with Gasteiger partial charge in [-0.05, 0) is 19.8 Å². The molecule has 0 spiro atoms. The Morgan fingerprint density at radius 3 is 3.15 bits per heavy atom. The lowest BCUT2D eigenvalue weighted by Gasteiger charge is -2.03. The van der Waals surface area contributed by atoms with E-state index in [2.05, 4.69) is 15.6 Å². The first-order valence-corrected chi connectivity index (χ1v) is 4.50. The highest BCUT2D eigenvalue weighted by atomic mass is 16.2. The van der Waals surface area contributed by atoms with E-state index < -0.39 is 0 Å². The van der Waals surface area contributed by atoms with Gasteiger partial charge in [0, 0.05) is 12.6 Å². The van der Waals surface area contributed by atoms with Crippen molar-refractivity contribution in [3.63, 3.8) is 0 Å². The molecule has 70 valence electrons. The van der Waals surface area contributed by atoms with Gasteiger partial charge in [-0.15, -0.1) is 5.10 Å². The van der Waals surface area contributed by atoms with E-state index >= 15 is 0 Å². The molecular weight excluding hydrogens is 168 g/mol. The predicted octanol–water partition coefficient (Wildman–Crippen LogP) is 0.190. The molecule has 1 heterocycles. The number of amides is 1. The predicted molar refractivity (Wildman–Crippen MR) is 46.2 cm³/mol. The first kappa shape index (κ1) is 8.22. The summed E-state index contributed by atoms with van der Waals surface area (Å²) in [6, 6.07) is 0.382. The van der Waals surface area contributed by atoms with E-state index in [1.165, 1.54) is 6.20 Å². The summed E-state index contributed by atoms with van der Waals surface area (Å²) >= 11 is 0. The summed E-state index contributed by atoms with van der Waals surface area (Å²) in [7, 11) is 0. The Morgan fingerprint density at radius 2 is 2.54 bits per heavy atom. The van der Waals surface area contributed by atoms with Crippen molar-refractivity contribution in [1.82, 2.24) is 20.3 Å². The fourth-order valence-corrected chi connectivity index (χ4v) is 1.15. The van der Waals surface area contributed by atoms with Crippen LogP contribution in [-0.4, -0.2) is 26.9 Å².